The predicted octanol–water partition coefficient (Wildman–Crippen LogP) is 2.73. The maximum absolute atomic E-state index is 5.76. The van der Waals surface area contributed by atoms with Gasteiger partial charge in [0, 0.05) is 36.9 Å². The number of benzene rings is 1. The quantitative estimate of drug-likeness (QED) is 0.645. The molecular formula is C20H23N5O3. The van der Waals surface area contributed by atoms with Crippen molar-refractivity contribution in [1.29, 1.82) is 0 Å². The van der Waals surface area contributed by atoms with Crippen molar-refractivity contribution >= 4 is 16.7 Å². The first-order valence-corrected chi connectivity index (χ1v) is 9.29. The van der Waals surface area contributed by atoms with Crippen LogP contribution in [0.4, 0.5) is 5.82 Å². The average Bonchev–Trinajstić information content (AvgIpc) is 2.77. The second-order valence-electron chi connectivity index (χ2n) is 6.71. The number of hydrogen-bond donors (Lipinski definition) is 0. The van der Waals surface area contributed by atoms with Gasteiger partial charge in [-0.25, -0.2) is 15.0 Å². The van der Waals surface area contributed by atoms with E-state index in [1.807, 2.05) is 12.1 Å². The zero-order valence-electron chi connectivity index (χ0n) is 16.0. The van der Waals surface area contributed by atoms with Crippen LogP contribution in [-0.4, -0.2) is 53.9 Å². The first-order valence-electron chi connectivity index (χ1n) is 9.29. The zero-order valence-corrected chi connectivity index (χ0v) is 16.0. The molecule has 4 rings (SSSR count). The number of fused-ring (bicyclic) bond motifs is 1. The summed E-state index contributed by atoms with van der Waals surface area (Å²) in [5, 5.41) is 0.967. The van der Waals surface area contributed by atoms with Crippen LogP contribution in [0.1, 0.15) is 12.8 Å². The van der Waals surface area contributed by atoms with Gasteiger partial charge in [0.2, 0.25) is 5.88 Å². The molecule has 0 radical (unpaired) electrons. The lowest BCUT2D eigenvalue weighted by atomic mass is 9.97. The molecule has 3 aromatic rings. The lowest BCUT2D eigenvalue weighted by Gasteiger charge is -2.33. The molecule has 0 aliphatic carbocycles. The maximum atomic E-state index is 5.76. The first-order chi connectivity index (χ1) is 13.8. The monoisotopic (exact) mass is 381 g/mol. The van der Waals surface area contributed by atoms with E-state index in [-0.39, 0.29) is 0 Å². The Morgan fingerprint density at radius 2 is 1.79 bits per heavy atom. The predicted molar refractivity (Wildman–Crippen MR) is 105 cm³/mol. The third kappa shape index (κ3) is 3.76. The molecule has 0 bridgehead atoms. The van der Waals surface area contributed by atoms with Crippen LogP contribution in [0.15, 0.2) is 37.1 Å². The SMILES string of the molecule is COc1cc2ncnc(N3CCC(COc4cnccn4)CC3)c2cc1OC. The molecule has 0 atom stereocenters. The van der Waals surface area contributed by atoms with Gasteiger partial charge in [-0.3, -0.25) is 4.98 Å². The highest BCUT2D eigenvalue weighted by molar-refractivity contribution is 5.92. The van der Waals surface area contributed by atoms with Crippen molar-refractivity contribution < 1.29 is 14.2 Å². The Labute approximate surface area is 163 Å². The molecule has 0 spiro atoms. The number of rotatable bonds is 6. The summed E-state index contributed by atoms with van der Waals surface area (Å²) in [6, 6.07) is 3.84. The lowest BCUT2D eigenvalue weighted by molar-refractivity contribution is 0.215. The largest absolute Gasteiger partial charge is 0.493 e. The van der Waals surface area contributed by atoms with E-state index in [2.05, 4.69) is 24.8 Å². The molecule has 2 aromatic heterocycles. The van der Waals surface area contributed by atoms with Crippen LogP contribution >= 0.6 is 0 Å². The Bertz CT molecular complexity index is 930. The Kier molecular flexibility index (Phi) is 5.36. The second kappa shape index (κ2) is 8.24. The van der Waals surface area contributed by atoms with Crippen molar-refractivity contribution in [1.82, 2.24) is 19.9 Å². The van der Waals surface area contributed by atoms with Gasteiger partial charge >= 0.3 is 0 Å². The lowest BCUT2D eigenvalue weighted by Crippen LogP contribution is -2.36. The van der Waals surface area contributed by atoms with Gasteiger partial charge in [0.1, 0.15) is 12.1 Å². The highest BCUT2D eigenvalue weighted by atomic mass is 16.5. The van der Waals surface area contributed by atoms with Crippen LogP contribution in [0.3, 0.4) is 0 Å². The molecule has 0 saturated carbocycles. The molecule has 146 valence electrons. The van der Waals surface area contributed by atoms with Crippen molar-refractivity contribution in [2.75, 3.05) is 38.8 Å². The number of ether oxygens (including phenoxy) is 3. The van der Waals surface area contributed by atoms with Crippen molar-refractivity contribution in [3.8, 4) is 17.4 Å². The minimum atomic E-state index is 0.487. The molecule has 1 aliphatic heterocycles. The molecule has 1 fully saturated rings. The topological polar surface area (TPSA) is 82.5 Å². The van der Waals surface area contributed by atoms with Crippen molar-refractivity contribution in [3.63, 3.8) is 0 Å². The highest BCUT2D eigenvalue weighted by Crippen LogP contribution is 2.35. The van der Waals surface area contributed by atoms with Crippen LogP contribution in [0.2, 0.25) is 0 Å². The zero-order chi connectivity index (χ0) is 19.3. The normalized spacial score (nSPS) is 14.9. The van der Waals surface area contributed by atoms with E-state index < -0.39 is 0 Å². The fourth-order valence-corrected chi connectivity index (χ4v) is 3.50. The van der Waals surface area contributed by atoms with Crippen molar-refractivity contribution in [2.45, 2.75) is 12.8 Å². The number of hydrogen-bond acceptors (Lipinski definition) is 8. The molecular weight excluding hydrogens is 358 g/mol. The Morgan fingerprint density at radius 1 is 1.00 bits per heavy atom. The van der Waals surface area contributed by atoms with Crippen LogP contribution in [0.5, 0.6) is 17.4 Å². The summed E-state index contributed by atoms with van der Waals surface area (Å²) in [7, 11) is 3.26. The number of methoxy groups -OCH3 is 2. The third-order valence-electron chi connectivity index (χ3n) is 5.04. The number of nitrogens with zero attached hydrogens (tertiary/aromatic N) is 5. The van der Waals surface area contributed by atoms with E-state index in [0.29, 0.717) is 29.9 Å². The maximum Gasteiger partial charge on any atom is 0.232 e. The molecule has 1 aromatic carbocycles. The third-order valence-corrected chi connectivity index (χ3v) is 5.04. The molecule has 28 heavy (non-hydrogen) atoms. The van der Waals surface area contributed by atoms with E-state index in [9.17, 15) is 0 Å². The first kappa shape index (κ1) is 18.2. The molecule has 8 heteroatoms. The van der Waals surface area contributed by atoms with Gasteiger partial charge in [-0.05, 0) is 24.8 Å². The van der Waals surface area contributed by atoms with Crippen LogP contribution in [0, 0.1) is 5.92 Å². The Morgan fingerprint density at radius 3 is 2.50 bits per heavy atom. The van der Waals surface area contributed by atoms with Gasteiger partial charge < -0.3 is 19.1 Å². The van der Waals surface area contributed by atoms with Gasteiger partial charge in [0.15, 0.2) is 11.5 Å². The van der Waals surface area contributed by atoms with E-state index in [1.165, 1.54) is 0 Å². The summed E-state index contributed by atoms with van der Waals surface area (Å²) in [6.45, 7) is 2.48. The molecule has 0 amide bonds. The van der Waals surface area contributed by atoms with Gasteiger partial charge in [-0.1, -0.05) is 0 Å². The van der Waals surface area contributed by atoms with E-state index in [1.54, 1.807) is 39.1 Å². The summed E-state index contributed by atoms with van der Waals surface area (Å²) < 4.78 is 16.6. The van der Waals surface area contributed by atoms with Crippen LogP contribution in [-0.2, 0) is 0 Å². The molecule has 0 unspecified atom stereocenters. The van der Waals surface area contributed by atoms with E-state index >= 15 is 0 Å². The van der Waals surface area contributed by atoms with Crippen LogP contribution < -0.4 is 19.1 Å². The molecule has 8 nitrogen and oxygen atoms in total. The summed E-state index contributed by atoms with van der Waals surface area (Å²) in [5.41, 5.74) is 0.843. The Hall–Kier alpha value is -3.16. The van der Waals surface area contributed by atoms with Gasteiger partial charge in [0.25, 0.3) is 0 Å². The fraction of sp³-hybridized carbons (Fsp3) is 0.400. The summed E-state index contributed by atoms with van der Waals surface area (Å²) >= 11 is 0. The summed E-state index contributed by atoms with van der Waals surface area (Å²) in [6.07, 6.45) is 8.58. The number of piperidine rings is 1. The standard InChI is InChI=1S/C20H23N5O3/c1-26-17-9-15-16(10-18(17)27-2)23-13-24-20(15)25-7-3-14(4-8-25)12-28-19-11-21-5-6-22-19/h5-6,9-11,13-14H,3-4,7-8,12H2,1-2H3. The second-order valence-corrected chi connectivity index (χ2v) is 6.71. The minimum Gasteiger partial charge on any atom is -0.493 e. The molecule has 1 aliphatic rings. The van der Waals surface area contributed by atoms with E-state index in [0.717, 1.165) is 42.7 Å². The highest BCUT2D eigenvalue weighted by Gasteiger charge is 2.23. The Balaban J connectivity index is 1.46. The van der Waals surface area contributed by atoms with Crippen molar-refractivity contribution in [2.24, 2.45) is 5.92 Å². The number of anilines is 1. The van der Waals surface area contributed by atoms with Crippen molar-refractivity contribution in [3.05, 3.63) is 37.1 Å². The smallest absolute Gasteiger partial charge is 0.232 e. The number of aromatic nitrogens is 4. The molecule has 1 saturated heterocycles. The minimum absolute atomic E-state index is 0.487. The van der Waals surface area contributed by atoms with E-state index in [4.69, 9.17) is 14.2 Å². The summed E-state index contributed by atoms with van der Waals surface area (Å²) in [4.78, 5) is 19.4. The average molecular weight is 381 g/mol. The van der Waals surface area contributed by atoms with Gasteiger partial charge in [0.05, 0.1) is 32.5 Å². The van der Waals surface area contributed by atoms with Gasteiger partial charge in [-0.15, -0.1) is 0 Å². The van der Waals surface area contributed by atoms with Crippen LogP contribution in [0.25, 0.3) is 10.9 Å². The summed E-state index contributed by atoms with van der Waals surface area (Å²) in [5.74, 6) is 3.34. The van der Waals surface area contributed by atoms with Gasteiger partial charge in [-0.2, -0.15) is 0 Å². The fourth-order valence-electron chi connectivity index (χ4n) is 3.50. The molecule has 3 heterocycles. The molecule has 0 N–H and O–H groups in total.